The quantitative estimate of drug-likeness (QED) is 0.390. The molecule has 1 N–H and O–H groups in total. The van der Waals surface area contributed by atoms with Crippen LogP contribution in [0.5, 0.6) is 5.75 Å². The number of thiophene rings is 1. The van der Waals surface area contributed by atoms with E-state index in [1.54, 1.807) is 24.3 Å². The zero-order chi connectivity index (χ0) is 22.1. The maximum atomic E-state index is 12.6. The summed E-state index contributed by atoms with van der Waals surface area (Å²) in [6.45, 7) is 2.19. The van der Waals surface area contributed by atoms with Crippen LogP contribution in [0.2, 0.25) is 5.02 Å². The van der Waals surface area contributed by atoms with Crippen molar-refractivity contribution in [1.82, 2.24) is 0 Å². The molecule has 162 valence electrons. The summed E-state index contributed by atoms with van der Waals surface area (Å²) in [4.78, 5) is 26.1. The van der Waals surface area contributed by atoms with Crippen LogP contribution in [0, 0.1) is 5.92 Å². The van der Waals surface area contributed by atoms with Crippen LogP contribution in [-0.2, 0) is 22.4 Å². The molecule has 0 aliphatic heterocycles. The van der Waals surface area contributed by atoms with Gasteiger partial charge in [0.05, 0.1) is 19.8 Å². The summed E-state index contributed by atoms with van der Waals surface area (Å²) >= 11 is 7.54. The van der Waals surface area contributed by atoms with Gasteiger partial charge in [-0.3, -0.25) is 4.79 Å². The third-order valence-corrected chi connectivity index (χ3v) is 6.71. The Labute approximate surface area is 188 Å². The number of halogens is 1. The average Bonchev–Trinajstić information content (AvgIpc) is 3.31. The van der Waals surface area contributed by atoms with Crippen molar-refractivity contribution in [3.8, 4) is 5.75 Å². The number of furan rings is 1. The van der Waals surface area contributed by atoms with E-state index in [1.807, 2.05) is 0 Å². The van der Waals surface area contributed by atoms with E-state index in [1.165, 1.54) is 31.6 Å². The van der Waals surface area contributed by atoms with Crippen LogP contribution in [0.1, 0.15) is 39.9 Å². The largest absolute Gasteiger partial charge is 0.493 e. The molecule has 8 heteroatoms. The molecule has 0 saturated heterocycles. The Morgan fingerprint density at radius 1 is 1.29 bits per heavy atom. The SMILES string of the molecule is COC(=O)c1c(NC(=O)/C=C/c2cc3cc(Cl)cc(OC)c3o2)sc2c1CC[C@@H](C)C2. The van der Waals surface area contributed by atoms with Gasteiger partial charge in [-0.15, -0.1) is 11.3 Å². The van der Waals surface area contributed by atoms with Crippen LogP contribution < -0.4 is 10.1 Å². The zero-order valence-electron chi connectivity index (χ0n) is 17.4. The van der Waals surface area contributed by atoms with Crippen molar-refractivity contribution in [2.24, 2.45) is 5.92 Å². The molecule has 31 heavy (non-hydrogen) atoms. The Bertz CT molecular complexity index is 1190. The van der Waals surface area contributed by atoms with Crippen LogP contribution >= 0.6 is 22.9 Å². The number of methoxy groups -OCH3 is 2. The highest BCUT2D eigenvalue weighted by Crippen LogP contribution is 2.40. The molecular formula is C23H22ClNO5S. The number of carbonyl (C=O) groups is 2. The van der Waals surface area contributed by atoms with Crippen molar-refractivity contribution >= 4 is 56.9 Å². The van der Waals surface area contributed by atoms with Crippen LogP contribution in [0.4, 0.5) is 5.00 Å². The first-order chi connectivity index (χ1) is 14.9. The van der Waals surface area contributed by atoms with Gasteiger partial charge in [0.1, 0.15) is 10.8 Å². The molecule has 2 heterocycles. The lowest BCUT2D eigenvalue weighted by Crippen LogP contribution is -2.14. The van der Waals surface area contributed by atoms with Gasteiger partial charge in [-0.25, -0.2) is 4.79 Å². The molecule has 2 aromatic heterocycles. The summed E-state index contributed by atoms with van der Waals surface area (Å²) in [5, 5.41) is 4.67. The summed E-state index contributed by atoms with van der Waals surface area (Å²) < 4.78 is 16.0. The maximum Gasteiger partial charge on any atom is 0.341 e. The van der Waals surface area contributed by atoms with Crippen LogP contribution in [0.15, 0.2) is 28.7 Å². The van der Waals surface area contributed by atoms with Gasteiger partial charge in [-0.1, -0.05) is 18.5 Å². The maximum absolute atomic E-state index is 12.6. The lowest BCUT2D eigenvalue weighted by atomic mass is 9.88. The van der Waals surface area contributed by atoms with Crippen molar-refractivity contribution in [2.45, 2.75) is 26.2 Å². The standard InChI is InChI=1S/C23H22ClNO5S/c1-12-4-6-16-18(8-12)31-22(20(16)23(27)29-3)25-19(26)7-5-15-10-13-9-14(24)11-17(28-2)21(13)30-15/h5,7,9-12H,4,6,8H2,1-3H3,(H,25,26)/b7-5+/t12-/m1/s1. The van der Waals surface area contributed by atoms with E-state index in [2.05, 4.69) is 12.2 Å². The van der Waals surface area contributed by atoms with Gasteiger partial charge in [-0.2, -0.15) is 0 Å². The fourth-order valence-corrected chi connectivity index (χ4v) is 5.43. The topological polar surface area (TPSA) is 77.8 Å². The lowest BCUT2D eigenvalue weighted by molar-refractivity contribution is -0.111. The second-order valence-corrected chi connectivity index (χ2v) is 9.09. The van der Waals surface area contributed by atoms with E-state index in [0.29, 0.717) is 38.6 Å². The summed E-state index contributed by atoms with van der Waals surface area (Å²) in [7, 11) is 2.89. The Morgan fingerprint density at radius 3 is 2.84 bits per heavy atom. The molecule has 4 rings (SSSR count). The number of carbonyl (C=O) groups excluding carboxylic acids is 2. The minimum absolute atomic E-state index is 0.359. The molecule has 0 saturated carbocycles. The number of esters is 1. The molecule has 1 aliphatic rings. The molecule has 0 bridgehead atoms. The number of rotatable bonds is 5. The predicted octanol–water partition coefficient (Wildman–Crippen LogP) is 5.72. The lowest BCUT2D eigenvalue weighted by Gasteiger charge is -2.18. The van der Waals surface area contributed by atoms with E-state index >= 15 is 0 Å². The number of hydrogen-bond donors (Lipinski definition) is 1. The third-order valence-electron chi connectivity index (χ3n) is 5.32. The number of nitrogens with one attached hydrogen (secondary N) is 1. The molecule has 6 nitrogen and oxygen atoms in total. The van der Waals surface area contributed by atoms with Crippen molar-refractivity contribution < 1.29 is 23.5 Å². The molecule has 0 fully saturated rings. The molecular weight excluding hydrogens is 438 g/mol. The second-order valence-electron chi connectivity index (χ2n) is 7.55. The fraction of sp³-hybridized carbons (Fsp3) is 0.304. The Hall–Kier alpha value is -2.77. The molecule has 0 unspecified atom stereocenters. The first-order valence-electron chi connectivity index (χ1n) is 9.88. The Morgan fingerprint density at radius 2 is 2.10 bits per heavy atom. The van der Waals surface area contributed by atoms with Crippen molar-refractivity contribution in [3.05, 3.63) is 51.1 Å². The molecule has 0 radical (unpaired) electrons. The van der Waals surface area contributed by atoms with E-state index < -0.39 is 5.97 Å². The van der Waals surface area contributed by atoms with E-state index in [-0.39, 0.29) is 5.91 Å². The van der Waals surface area contributed by atoms with Crippen LogP contribution in [-0.4, -0.2) is 26.1 Å². The van der Waals surface area contributed by atoms with Crippen LogP contribution in [0.3, 0.4) is 0 Å². The monoisotopic (exact) mass is 459 g/mol. The average molecular weight is 460 g/mol. The van der Waals surface area contributed by atoms with Gasteiger partial charge in [0.25, 0.3) is 0 Å². The smallest absolute Gasteiger partial charge is 0.341 e. The highest BCUT2D eigenvalue weighted by molar-refractivity contribution is 7.17. The number of ether oxygens (including phenoxy) is 2. The van der Waals surface area contributed by atoms with E-state index in [4.69, 9.17) is 25.5 Å². The summed E-state index contributed by atoms with van der Waals surface area (Å²) in [5.74, 6) is 0.777. The fourth-order valence-electron chi connectivity index (χ4n) is 3.81. The predicted molar refractivity (Wildman–Crippen MR) is 122 cm³/mol. The first-order valence-corrected chi connectivity index (χ1v) is 11.1. The normalized spacial score (nSPS) is 15.8. The minimum Gasteiger partial charge on any atom is -0.493 e. The van der Waals surface area contributed by atoms with E-state index in [0.717, 1.165) is 35.1 Å². The Kier molecular flexibility index (Phi) is 6.07. The highest BCUT2D eigenvalue weighted by Gasteiger charge is 2.28. The van der Waals surface area contributed by atoms with Crippen molar-refractivity contribution in [1.29, 1.82) is 0 Å². The molecule has 1 aromatic carbocycles. The van der Waals surface area contributed by atoms with Gasteiger partial charge in [-0.05, 0) is 49.0 Å². The number of fused-ring (bicyclic) bond motifs is 2. The number of benzene rings is 1. The molecule has 3 aromatic rings. The Balaban J connectivity index is 1.57. The molecule has 1 amide bonds. The number of anilines is 1. The van der Waals surface area contributed by atoms with Gasteiger partial charge >= 0.3 is 5.97 Å². The summed E-state index contributed by atoms with van der Waals surface area (Å²) in [5.41, 5.74) is 2.02. The summed E-state index contributed by atoms with van der Waals surface area (Å²) in [6.07, 6.45) is 5.66. The summed E-state index contributed by atoms with van der Waals surface area (Å²) in [6, 6.07) is 5.21. The number of hydrogen-bond acceptors (Lipinski definition) is 6. The van der Waals surface area contributed by atoms with Gasteiger partial charge in [0.2, 0.25) is 5.91 Å². The minimum atomic E-state index is -0.424. The molecule has 1 aliphatic carbocycles. The van der Waals surface area contributed by atoms with Crippen molar-refractivity contribution in [2.75, 3.05) is 19.5 Å². The zero-order valence-corrected chi connectivity index (χ0v) is 19.0. The van der Waals surface area contributed by atoms with Gasteiger partial charge < -0.3 is 19.2 Å². The van der Waals surface area contributed by atoms with Gasteiger partial charge in [0.15, 0.2) is 11.3 Å². The van der Waals surface area contributed by atoms with Crippen LogP contribution in [0.25, 0.3) is 17.0 Å². The molecule has 0 spiro atoms. The third kappa shape index (κ3) is 4.34. The van der Waals surface area contributed by atoms with E-state index in [9.17, 15) is 9.59 Å². The first kappa shape index (κ1) is 21.5. The second kappa shape index (κ2) is 8.77. The van der Waals surface area contributed by atoms with Gasteiger partial charge in [0, 0.05) is 27.4 Å². The van der Waals surface area contributed by atoms with Crippen molar-refractivity contribution in [3.63, 3.8) is 0 Å². The number of amides is 1. The molecule has 1 atom stereocenters. The highest BCUT2D eigenvalue weighted by atomic mass is 35.5.